The summed E-state index contributed by atoms with van der Waals surface area (Å²) in [6, 6.07) is 3.21. The number of amides is 1. The number of hydrogen-bond donors (Lipinski definition) is 2. The molecule has 0 unspecified atom stereocenters. The fraction of sp³-hybridized carbons (Fsp3) is 0.348. The molecule has 0 aliphatic carbocycles. The smallest absolute Gasteiger partial charge is 0.240 e. The first-order valence-corrected chi connectivity index (χ1v) is 11.3. The number of aromatic nitrogens is 6. The summed E-state index contributed by atoms with van der Waals surface area (Å²) in [6.45, 7) is 0.640. The summed E-state index contributed by atoms with van der Waals surface area (Å²) in [5.74, 6) is 2.63. The number of rotatable bonds is 8. The van der Waals surface area contributed by atoms with Gasteiger partial charge in [0.1, 0.15) is 23.7 Å². The number of primary amides is 1. The minimum absolute atomic E-state index is 0.393. The Kier molecular flexibility index (Phi) is 5.96. The SMILES string of the molecule is COc1cc(-n2cnc(Nc3nc(N4CCC[C@H]4C(N)=O)nc4ncn(C)c34)c2)cc(OC)c1OC. The first-order valence-electron chi connectivity index (χ1n) is 11.3. The lowest BCUT2D eigenvalue weighted by atomic mass is 10.2. The van der Waals surface area contributed by atoms with E-state index in [-0.39, 0.29) is 0 Å². The van der Waals surface area contributed by atoms with Crippen LogP contribution in [0.5, 0.6) is 17.2 Å². The van der Waals surface area contributed by atoms with E-state index in [1.165, 1.54) is 0 Å². The summed E-state index contributed by atoms with van der Waals surface area (Å²) < 4.78 is 20.0. The molecule has 36 heavy (non-hydrogen) atoms. The number of nitrogens with zero attached hydrogens (tertiary/aromatic N) is 7. The number of carbonyl (C=O) groups is 1. The van der Waals surface area contributed by atoms with Gasteiger partial charge in [0.2, 0.25) is 17.6 Å². The highest BCUT2D eigenvalue weighted by atomic mass is 16.5. The first-order chi connectivity index (χ1) is 17.4. The highest BCUT2D eigenvalue weighted by molar-refractivity contribution is 5.88. The second kappa shape index (κ2) is 9.24. The molecule has 1 saturated heterocycles. The van der Waals surface area contributed by atoms with E-state index in [0.717, 1.165) is 12.1 Å². The third-order valence-corrected chi connectivity index (χ3v) is 6.17. The van der Waals surface area contributed by atoms with Gasteiger partial charge in [0.15, 0.2) is 23.0 Å². The molecule has 13 nitrogen and oxygen atoms in total. The summed E-state index contributed by atoms with van der Waals surface area (Å²) in [5, 5.41) is 3.28. The van der Waals surface area contributed by atoms with E-state index < -0.39 is 11.9 Å². The molecule has 5 rings (SSSR count). The van der Waals surface area contributed by atoms with Crippen LogP contribution in [0.4, 0.5) is 17.6 Å². The van der Waals surface area contributed by atoms with E-state index >= 15 is 0 Å². The average Bonchev–Trinajstić information content (AvgIpc) is 3.63. The summed E-state index contributed by atoms with van der Waals surface area (Å²) >= 11 is 0. The summed E-state index contributed by atoms with van der Waals surface area (Å²) in [5.41, 5.74) is 7.58. The van der Waals surface area contributed by atoms with E-state index in [0.29, 0.717) is 59.0 Å². The molecule has 1 aromatic carbocycles. The Hall–Kier alpha value is -4.55. The predicted molar refractivity (Wildman–Crippen MR) is 132 cm³/mol. The third kappa shape index (κ3) is 3.97. The van der Waals surface area contributed by atoms with E-state index in [1.54, 1.807) is 34.0 Å². The summed E-state index contributed by atoms with van der Waals surface area (Å²) in [4.78, 5) is 32.0. The number of methoxy groups -OCH3 is 3. The van der Waals surface area contributed by atoms with Gasteiger partial charge in [-0.2, -0.15) is 9.97 Å². The number of imidazole rings is 2. The highest BCUT2D eigenvalue weighted by Gasteiger charge is 2.32. The zero-order valence-electron chi connectivity index (χ0n) is 20.4. The molecular weight excluding hydrogens is 466 g/mol. The molecular formula is C23H27N9O4. The first kappa shape index (κ1) is 23.2. The number of aryl methyl sites for hydroxylation is 1. The van der Waals surface area contributed by atoms with Gasteiger partial charge < -0.3 is 39.3 Å². The van der Waals surface area contributed by atoms with Gasteiger partial charge >= 0.3 is 0 Å². The lowest BCUT2D eigenvalue weighted by molar-refractivity contribution is -0.119. The summed E-state index contributed by atoms with van der Waals surface area (Å²) in [6.07, 6.45) is 6.64. The molecule has 3 aromatic heterocycles. The van der Waals surface area contributed by atoms with Gasteiger partial charge in [0.05, 0.1) is 39.5 Å². The van der Waals surface area contributed by atoms with Gasteiger partial charge in [-0.05, 0) is 12.8 Å². The van der Waals surface area contributed by atoms with E-state index in [2.05, 4.69) is 20.3 Å². The lowest BCUT2D eigenvalue weighted by Gasteiger charge is -2.22. The lowest BCUT2D eigenvalue weighted by Crippen LogP contribution is -2.41. The molecule has 188 valence electrons. The van der Waals surface area contributed by atoms with Crippen LogP contribution in [-0.2, 0) is 11.8 Å². The Bertz CT molecular complexity index is 1410. The molecule has 1 aliphatic heterocycles. The van der Waals surface area contributed by atoms with Gasteiger partial charge in [0.25, 0.3) is 0 Å². The fourth-order valence-corrected chi connectivity index (χ4v) is 4.43. The monoisotopic (exact) mass is 493 g/mol. The molecule has 1 amide bonds. The van der Waals surface area contributed by atoms with Crippen molar-refractivity contribution in [2.24, 2.45) is 12.8 Å². The maximum absolute atomic E-state index is 11.9. The molecule has 0 radical (unpaired) electrons. The van der Waals surface area contributed by atoms with Crippen molar-refractivity contribution >= 4 is 34.7 Å². The number of carbonyl (C=O) groups excluding carboxylic acids is 1. The Balaban J connectivity index is 1.51. The van der Waals surface area contributed by atoms with Crippen LogP contribution in [0.1, 0.15) is 12.8 Å². The van der Waals surface area contributed by atoms with E-state index in [9.17, 15) is 4.79 Å². The number of fused-ring (bicyclic) bond motifs is 1. The normalized spacial score (nSPS) is 15.3. The van der Waals surface area contributed by atoms with Crippen molar-refractivity contribution < 1.29 is 19.0 Å². The Morgan fingerprint density at radius 1 is 1.08 bits per heavy atom. The van der Waals surface area contributed by atoms with Crippen molar-refractivity contribution in [2.45, 2.75) is 18.9 Å². The molecule has 4 aromatic rings. The van der Waals surface area contributed by atoms with Crippen LogP contribution >= 0.6 is 0 Å². The second-order valence-electron chi connectivity index (χ2n) is 8.33. The molecule has 0 bridgehead atoms. The number of hydrogen-bond acceptors (Lipinski definition) is 10. The van der Waals surface area contributed by atoms with Crippen molar-refractivity contribution in [2.75, 3.05) is 38.1 Å². The fourth-order valence-electron chi connectivity index (χ4n) is 4.43. The van der Waals surface area contributed by atoms with Crippen molar-refractivity contribution in [1.29, 1.82) is 0 Å². The highest BCUT2D eigenvalue weighted by Crippen LogP contribution is 2.39. The van der Waals surface area contributed by atoms with Crippen molar-refractivity contribution in [3.8, 4) is 22.9 Å². The van der Waals surface area contributed by atoms with Gasteiger partial charge in [-0.15, -0.1) is 0 Å². The van der Waals surface area contributed by atoms with Crippen LogP contribution in [0.3, 0.4) is 0 Å². The zero-order valence-corrected chi connectivity index (χ0v) is 20.4. The van der Waals surface area contributed by atoms with Crippen molar-refractivity contribution in [1.82, 2.24) is 29.1 Å². The van der Waals surface area contributed by atoms with Gasteiger partial charge in [0, 0.05) is 25.7 Å². The molecule has 1 aliphatic rings. The van der Waals surface area contributed by atoms with Crippen LogP contribution < -0.4 is 30.2 Å². The Morgan fingerprint density at radius 2 is 1.83 bits per heavy atom. The van der Waals surface area contributed by atoms with E-state index in [4.69, 9.17) is 24.9 Å². The zero-order chi connectivity index (χ0) is 25.4. The van der Waals surface area contributed by atoms with Crippen LogP contribution in [0.25, 0.3) is 16.9 Å². The maximum atomic E-state index is 11.9. The van der Waals surface area contributed by atoms with E-state index in [1.807, 2.05) is 39.4 Å². The second-order valence-corrected chi connectivity index (χ2v) is 8.33. The molecule has 1 atom stereocenters. The number of nitrogens with two attached hydrogens (primary N) is 1. The number of nitrogens with one attached hydrogen (secondary N) is 1. The molecule has 4 heterocycles. The van der Waals surface area contributed by atoms with Crippen LogP contribution in [0.2, 0.25) is 0 Å². The molecule has 13 heteroatoms. The topological polar surface area (TPSA) is 147 Å². The quantitative estimate of drug-likeness (QED) is 0.372. The van der Waals surface area contributed by atoms with Crippen molar-refractivity contribution in [3.05, 3.63) is 31.0 Å². The predicted octanol–water partition coefficient (Wildman–Crippen LogP) is 1.77. The largest absolute Gasteiger partial charge is 0.493 e. The van der Waals surface area contributed by atoms with Gasteiger partial charge in [-0.3, -0.25) is 4.79 Å². The van der Waals surface area contributed by atoms with Crippen molar-refractivity contribution in [3.63, 3.8) is 0 Å². The molecule has 1 fully saturated rings. The number of ether oxygens (including phenoxy) is 3. The van der Waals surface area contributed by atoms with Gasteiger partial charge in [-0.25, -0.2) is 9.97 Å². The standard InChI is InChI=1S/C23H27N9O4/c1-30-11-26-21-18(30)22(29-23(28-21)32-7-5-6-14(32)20(24)33)27-17-10-31(12-25-17)13-8-15(34-2)19(36-4)16(9-13)35-3/h8-12,14H,5-7H2,1-4H3,(H2,24,33)(H,27,28,29)/t14-/m0/s1. The van der Waals surface area contributed by atoms with Crippen LogP contribution in [-0.4, -0.2) is 68.9 Å². The average molecular weight is 494 g/mol. The maximum Gasteiger partial charge on any atom is 0.240 e. The third-order valence-electron chi connectivity index (χ3n) is 6.17. The van der Waals surface area contributed by atoms with Crippen LogP contribution in [0.15, 0.2) is 31.0 Å². The minimum atomic E-state index is -0.446. The summed E-state index contributed by atoms with van der Waals surface area (Å²) in [7, 11) is 6.55. The molecule has 0 spiro atoms. The number of anilines is 3. The number of benzene rings is 1. The molecule has 3 N–H and O–H groups in total. The Labute approximate surface area is 206 Å². The minimum Gasteiger partial charge on any atom is -0.493 e. The molecule has 0 saturated carbocycles. The van der Waals surface area contributed by atoms with Gasteiger partial charge in [-0.1, -0.05) is 0 Å². The Morgan fingerprint density at radius 3 is 2.50 bits per heavy atom. The van der Waals surface area contributed by atoms with Crippen LogP contribution in [0, 0.1) is 0 Å².